The molecule has 1 aliphatic carbocycles. The number of aromatic nitrogens is 4. The summed E-state index contributed by atoms with van der Waals surface area (Å²) in [6.45, 7) is 8.67. The van der Waals surface area contributed by atoms with Crippen molar-refractivity contribution in [1.82, 2.24) is 19.5 Å². The second kappa shape index (κ2) is 7.97. The van der Waals surface area contributed by atoms with Crippen molar-refractivity contribution in [2.75, 3.05) is 0 Å². The van der Waals surface area contributed by atoms with E-state index in [2.05, 4.69) is 32.5 Å². The number of imidazole rings is 1. The van der Waals surface area contributed by atoms with Gasteiger partial charge in [0.1, 0.15) is 5.52 Å². The Bertz CT molecular complexity index is 802. The third kappa shape index (κ3) is 4.80. The molecule has 4 rings (SSSR count). The first kappa shape index (κ1) is 19.4. The molecule has 0 radical (unpaired) electrons. The van der Waals surface area contributed by atoms with Crippen LogP contribution < -0.4 is 0 Å². The van der Waals surface area contributed by atoms with Gasteiger partial charge in [0.2, 0.25) is 0 Å². The van der Waals surface area contributed by atoms with Crippen LogP contribution in [0.1, 0.15) is 65.1 Å². The van der Waals surface area contributed by atoms with Gasteiger partial charge in [0.15, 0.2) is 11.4 Å². The minimum Gasteiger partial charge on any atom is -0.366 e. The number of H-pyrrole nitrogens is 1. The maximum absolute atomic E-state index is 8.08. The first-order valence-electron chi connectivity index (χ1n) is 9.08. The van der Waals surface area contributed by atoms with Crippen LogP contribution in [0.15, 0.2) is 18.6 Å². The zero-order valence-corrected chi connectivity index (χ0v) is 15.9. The standard InChI is InChI=1S/C14H16N4.C3H8O2.C2H6/c1-9-6-10-7-15-14-13(12(10)17-9)16-8-18(14)11-4-2-3-5-11;1-3(2,4)5;1-2/h6-8,11,17H,2-5H2,1H3;4-5H,1-2H3;1-2H3. The smallest absolute Gasteiger partial charge is 0.162 e. The topological polar surface area (TPSA) is 87.0 Å². The molecule has 1 fully saturated rings. The van der Waals surface area contributed by atoms with Gasteiger partial charge in [-0.1, -0.05) is 26.7 Å². The van der Waals surface area contributed by atoms with Gasteiger partial charge in [-0.05, 0) is 39.7 Å². The second-order valence-electron chi connectivity index (χ2n) is 6.80. The molecule has 3 aromatic rings. The van der Waals surface area contributed by atoms with Crippen molar-refractivity contribution in [2.45, 2.75) is 72.1 Å². The number of hydrogen-bond acceptors (Lipinski definition) is 4. The summed E-state index contributed by atoms with van der Waals surface area (Å²) in [6.07, 6.45) is 9.09. The quantitative estimate of drug-likeness (QED) is 0.580. The largest absolute Gasteiger partial charge is 0.366 e. The van der Waals surface area contributed by atoms with Crippen LogP contribution in [-0.2, 0) is 0 Å². The normalized spacial score (nSPS) is 15.0. The first-order chi connectivity index (χ1) is 11.8. The van der Waals surface area contributed by atoms with E-state index < -0.39 is 5.79 Å². The van der Waals surface area contributed by atoms with Gasteiger partial charge >= 0.3 is 0 Å². The number of fused-ring (bicyclic) bond motifs is 3. The Labute approximate surface area is 148 Å². The Morgan fingerprint density at radius 1 is 1.16 bits per heavy atom. The van der Waals surface area contributed by atoms with E-state index >= 15 is 0 Å². The Morgan fingerprint density at radius 3 is 2.36 bits per heavy atom. The molecule has 1 aliphatic rings. The van der Waals surface area contributed by atoms with Gasteiger partial charge in [0, 0.05) is 23.3 Å². The fraction of sp³-hybridized carbons (Fsp3) is 0.579. The Morgan fingerprint density at radius 2 is 1.76 bits per heavy atom. The molecule has 0 unspecified atom stereocenters. The van der Waals surface area contributed by atoms with Gasteiger partial charge in [0.25, 0.3) is 0 Å². The monoisotopic (exact) mass is 346 g/mol. The molecule has 0 bridgehead atoms. The lowest BCUT2D eigenvalue weighted by atomic mass is 10.2. The summed E-state index contributed by atoms with van der Waals surface area (Å²) in [4.78, 5) is 12.6. The van der Waals surface area contributed by atoms with Crippen molar-refractivity contribution in [3.8, 4) is 0 Å². The van der Waals surface area contributed by atoms with Crippen LogP contribution in [0, 0.1) is 6.92 Å². The van der Waals surface area contributed by atoms with Crippen molar-refractivity contribution in [1.29, 1.82) is 0 Å². The molecule has 1 saturated carbocycles. The molecule has 3 N–H and O–H groups in total. The molecule has 0 saturated heterocycles. The van der Waals surface area contributed by atoms with Crippen LogP contribution in [0.4, 0.5) is 0 Å². The summed E-state index contributed by atoms with van der Waals surface area (Å²) in [6, 6.07) is 2.71. The third-order valence-electron chi connectivity index (χ3n) is 4.03. The minimum absolute atomic E-state index is 0.594. The van der Waals surface area contributed by atoms with Crippen molar-refractivity contribution < 1.29 is 10.2 Å². The highest BCUT2D eigenvalue weighted by molar-refractivity contribution is 6.00. The molecule has 0 spiro atoms. The summed E-state index contributed by atoms with van der Waals surface area (Å²) < 4.78 is 2.26. The summed E-state index contributed by atoms with van der Waals surface area (Å²) in [5, 5.41) is 17.3. The summed E-state index contributed by atoms with van der Waals surface area (Å²) >= 11 is 0. The summed E-state index contributed by atoms with van der Waals surface area (Å²) in [5.41, 5.74) is 4.31. The number of aryl methyl sites for hydroxylation is 1. The molecule has 0 aromatic carbocycles. The number of hydrogen-bond donors (Lipinski definition) is 3. The van der Waals surface area contributed by atoms with Gasteiger partial charge in [0.05, 0.1) is 11.8 Å². The number of aliphatic hydroxyl groups is 2. The van der Waals surface area contributed by atoms with Gasteiger partial charge in [-0.2, -0.15) is 0 Å². The molecular formula is C19H30N4O2. The molecule has 3 aromatic heterocycles. The van der Waals surface area contributed by atoms with Crippen LogP contribution >= 0.6 is 0 Å². The van der Waals surface area contributed by atoms with E-state index in [1.54, 1.807) is 0 Å². The molecule has 0 amide bonds. The zero-order chi connectivity index (χ0) is 18.6. The van der Waals surface area contributed by atoms with E-state index in [0.717, 1.165) is 27.8 Å². The number of aromatic amines is 1. The SMILES string of the molecule is CC.CC(C)(O)O.Cc1cc2cnc3c(ncn3C3CCCC3)c2[nH]1. The van der Waals surface area contributed by atoms with Crippen LogP contribution in [0.3, 0.4) is 0 Å². The van der Waals surface area contributed by atoms with Crippen LogP contribution in [0.5, 0.6) is 0 Å². The van der Waals surface area contributed by atoms with E-state index in [-0.39, 0.29) is 0 Å². The molecule has 3 heterocycles. The number of nitrogens with zero attached hydrogens (tertiary/aromatic N) is 3. The van der Waals surface area contributed by atoms with Crippen LogP contribution in [0.25, 0.3) is 22.1 Å². The van der Waals surface area contributed by atoms with E-state index in [0.29, 0.717) is 6.04 Å². The van der Waals surface area contributed by atoms with E-state index in [4.69, 9.17) is 10.2 Å². The number of nitrogens with one attached hydrogen (secondary N) is 1. The molecule has 138 valence electrons. The predicted octanol–water partition coefficient (Wildman–Crippen LogP) is 4.07. The molecule has 0 atom stereocenters. The van der Waals surface area contributed by atoms with Crippen LogP contribution in [0.2, 0.25) is 0 Å². The predicted molar refractivity (Wildman–Crippen MR) is 101 cm³/mol. The second-order valence-corrected chi connectivity index (χ2v) is 6.80. The summed E-state index contributed by atoms with van der Waals surface area (Å²) in [7, 11) is 0. The highest BCUT2D eigenvalue weighted by Gasteiger charge is 2.20. The van der Waals surface area contributed by atoms with Gasteiger partial charge in [-0.3, -0.25) is 0 Å². The van der Waals surface area contributed by atoms with Crippen molar-refractivity contribution in [3.63, 3.8) is 0 Å². The molecule has 6 nitrogen and oxygen atoms in total. The van der Waals surface area contributed by atoms with Gasteiger partial charge in [-0.15, -0.1) is 0 Å². The fourth-order valence-corrected chi connectivity index (χ4v) is 3.15. The van der Waals surface area contributed by atoms with E-state index in [1.165, 1.54) is 39.5 Å². The molecule has 0 aliphatic heterocycles. The Kier molecular flexibility index (Phi) is 6.19. The molecule has 25 heavy (non-hydrogen) atoms. The molecular weight excluding hydrogens is 316 g/mol. The first-order valence-corrected chi connectivity index (χ1v) is 9.08. The van der Waals surface area contributed by atoms with Crippen LogP contribution in [-0.4, -0.2) is 35.5 Å². The fourth-order valence-electron chi connectivity index (χ4n) is 3.15. The number of rotatable bonds is 1. The van der Waals surface area contributed by atoms with Gasteiger partial charge in [-0.25, -0.2) is 9.97 Å². The average Bonchev–Trinajstić information content (AvgIpc) is 3.24. The maximum Gasteiger partial charge on any atom is 0.162 e. The van der Waals surface area contributed by atoms with Crippen molar-refractivity contribution in [3.05, 3.63) is 24.3 Å². The third-order valence-corrected chi connectivity index (χ3v) is 4.03. The Balaban J connectivity index is 0.000000281. The van der Waals surface area contributed by atoms with Gasteiger partial charge < -0.3 is 19.8 Å². The Hall–Kier alpha value is -1.92. The zero-order valence-electron chi connectivity index (χ0n) is 15.9. The van der Waals surface area contributed by atoms with Crippen molar-refractivity contribution in [2.24, 2.45) is 0 Å². The average molecular weight is 346 g/mol. The van der Waals surface area contributed by atoms with E-state index in [1.807, 2.05) is 26.4 Å². The lowest BCUT2D eigenvalue weighted by Crippen LogP contribution is -2.15. The van der Waals surface area contributed by atoms with Crippen molar-refractivity contribution >= 4 is 22.1 Å². The lowest BCUT2D eigenvalue weighted by Gasteiger charge is -2.10. The van der Waals surface area contributed by atoms with E-state index in [9.17, 15) is 0 Å². The lowest BCUT2D eigenvalue weighted by molar-refractivity contribution is -0.127. The maximum atomic E-state index is 8.08. The number of pyridine rings is 1. The highest BCUT2D eigenvalue weighted by atomic mass is 16.5. The molecule has 6 heteroatoms. The minimum atomic E-state index is -1.50. The highest BCUT2D eigenvalue weighted by Crippen LogP contribution is 2.32. The summed E-state index contributed by atoms with van der Waals surface area (Å²) in [5.74, 6) is -1.50.